The Bertz CT molecular complexity index is 1180. The van der Waals surface area contributed by atoms with E-state index in [1.54, 1.807) is 44.2 Å². The average Bonchev–Trinajstić information content (AvgIpc) is 2.67. The maximum atomic E-state index is 13.3. The molecule has 0 saturated carbocycles. The van der Waals surface area contributed by atoms with Gasteiger partial charge < -0.3 is 5.11 Å². The molecule has 0 radical (unpaired) electrons. The molecule has 0 atom stereocenters. The Labute approximate surface area is 172 Å². The molecule has 9 heteroatoms. The van der Waals surface area contributed by atoms with E-state index in [2.05, 4.69) is 9.71 Å². The first kappa shape index (κ1) is 21.8. The standard InChI is InChI=1S/C21H19F3N2O3S/c1-20(2,15-7-5-6-14(12-15)16-10-11-25-13-18(16)27)26-30(28,29)19-9-4-3-8-17(19)21(22,23)24/h3-13,26-27H,1-2H3. The lowest BCUT2D eigenvalue weighted by Gasteiger charge is -2.28. The number of alkyl halides is 3. The predicted octanol–water partition coefficient (Wildman–Crippen LogP) is 4.69. The smallest absolute Gasteiger partial charge is 0.417 e. The Morgan fingerprint density at radius 2 is 1.70 bits per heavy atom. The van der Waals surface area contributed by atoms with E-state index in [1.165, 1.54) is 18.5 Å². The van der Waals surface area contributed by atoms with Crippen molar-refractivity contribution in [3.63, 3.8) is 0 Å². The van der Waals surface area contributed by atoms with Gasteiger partial charge in [0.05, 0.1) is 22.2 Å². The van der Waals surface area contributed by atoms with E-state index in [9.17, 15) is 26.7 Å². The minimum Gasteiger partial charge on any atom is -0.506 e. The third-order valence-electron chi connectivity index (χ3n) is 4.57. The molecule has 0 spiro atoms. The molecule has 0 bridgehead atoms. The summed E-state index contributed by atoms with van der Waals surface area (Å²) in [5, 5.41) is 10.0. The monoisotopic (exact) mass is 436 g/mol. The Morgan fingerprint density at radius 1 is 1.00 bits per heavy atom. The van der Waals surface area contributed by atoms with E-state index in [0.717, 1.165) is 18.2 Å². The van der Waals surface area contributed by atoms with Gasteiger partial charge in [-0.05, 0) is 49.2 Å². The van der Waals surface area contributed by atoms with Crippen molar-refractivity contribution in [2.45, 2.75) is 30.5 Å². The van der Waals surface area contributed by atoms with Crippen molar-refractivity contribution >= 4 is 10.0 Å². The van der Waals surface area contributed by atoms with Gasteiger partial charge in [-0.3, -0.25) is 4.98 Å². The molecule has 1 heterocycles. The molecular weight excluding hydrogens is 417 g/mol. The quantitative estimate of drug-likeness (QED) is 0.608. The van der Waals surface area contributed by atoms with Gasteiger partial charge >= 0.3 is 6.18 Å². The highest BCUT2D eigenvalue weighted by Crippen LogP contribution is 2.36. The van der Waals surface area contributed by atoms with Gasteiger partial charge in [0, 0.05) is 11.8 Å². The van der Waals surface area contributed by atoms with Gasteiger partial charge in [0.25, 0.3) is 0 Å². The summed E-state index contributed by atoms with van der Waals surface area (Å²) >= 11 is 0. The summed E-state index contributed by atoms with van der Waals surface area (Å²) in [5.74, 6) is -0.0489. The van der Waals surface area contributed by atoms with E-state index in [1.807, 2.05) is 0 Å². The molecule has 3 rings (SSSR count). The van der Waals surface area contributed by atoms with Crippen LogP contribution >= 0.6 is 0 Å². The van der Waals surface area contributed by atoms with Crippen LogP contribution in [0.4, 0.5) is 13.2 Å². The lowest BCUT2D eigenvalue weighted by molar-refractivity contribution is -0.139. The number of rotatable bonds is 5. The van der Waals surface area contributed by atoms with Crippen LogP contribution in [-0.4, -0.2) is 18.5 Å². The van der Waals surface area contributed by atoms with E-state index in [0.29, 0.717) is 16.7 Å². The maximum absolute atomic E-state index is 13.3. The molecule has 0 aliphatic heterocycles. The van der Waals surface area contributed by atoms with Crippen LogP contribution in [0.25, 0.3) is 11.1 Å². The summed E-state index contributed by atoms with van der Waals surface area (Å²) < 4.78 is 67.9. The summed E-state index contributed by atoms with van der Waals surface area (Å²) in [6, 6.07) is 12.3. The highest BCUT2D eigenvalue weighted by molar-refractivity contribution is 7.89. The first-order chi connectivity index (χ1) is 13.9. The molecule has 0 aliphatic rings. The van der Waals surface area contributed by atoms with E-state index < -0.39 is 32.2 Å². The number of aromatic hydroxyl groups is 1. The van der Waals surface area contributed by atoms with Crippen LogP contribution in [-0.2, 0) is 21.7 Å². The number of hydrogen-bond acceptors (Lipinski definition) is 4. The zero-order valence-electron chi connectivity index (χ0n) is 16.1. The number of hydrogen-bond donors (Lipinski definition) is 2. The largest absolute Gasteiger partial charge is 0.506 e. The third kappa shape index (κ3) is 4.47. The number of benzene rings is 2. The van der Waals surface area contributed by atoms with Gasteiger partial charge in [-0.1, -0.05) is 30.3 Å². The fourth-order valence-corrected chi connectivity index (χ4v) is 4.72. The van der Waals surface area contributed by atoms with Gasteiger partial charge in [-0.25, -0.2) is 13.1 Å². The minimum atomic E-state index is -4.81. The molecule has 1 aromatic heterocycles. The van der Waals surface area contributed by atoms with Crippen LogP contribution < -0.4 is 4.72 Å². The number of halogens is 3. The Hall–Kier alpha value is -2.91. The maximum Gasteiger partial charge on any atom is 0.417 e. The van der Waals surface area contributed by atoms with E-state index >= 15 is 0 Å². The second-order valence-corrected chi connectivity index (χ2v) is 8.85. The highest BCUT2D eigenvalue weighted by Gasteiger charge is 2.38. The fraction of sp³-hybridized carbons (Fsp3) is 0.190. The van der Waals surface area contributed by atoms with Gasteiger partial charge in [-0.2, -0.15) is 13.2 Å². The second kappa shape index (κ2) is 7.73. The van der Waals surface area contributed by atoms with Crippen molar-refractivity contribution in [1.29, 1.82) is 0 Å². The molecule has 2 N–H and O–H groups in total. The molecule has 0 aliphatic carbocycles. The van der Waals surface area contributed by atoms with Crippen LogP contribution in [0.1, 0.15) is 25.0 Å². The number of nitrogens with zero attached hydrogens (tertiary/aromatic N) is 1. The van der Waals surface area contributed by atoms with Crippen LogP contribution in [0.2, 0.25) is 0 Å². The van der Waals surface area contributed by atoms with Crippen molar-refractivity contribution < 1.29 is 26.7 Å². The van der Waals surface area contributed by atoms with Crippen molar-refractivity contribution in [3.8, 4) is 16.9 Å². The van der Waals surface area contributed by atoms with Crippen molar-refractivity contribution in [1.82, 2.24) is 9.71 Å². The molecule has 0 fully saturated rings. The SMILES string of the molecule is CC(C)(NS(=O)(=O)c1ccccc1C(F)(F)F)c1cccc(-c2ccncc2O)c1. The van der Waals surface area contributed by atoms with Gasteiger partial charge in [-0.15, -0.1) is 0 Å². The van der Waals surface area contributed by atoms with E-state index in [-0.39, 0.29) is 5.75 Å². The molecular formula is C21H19F3N2O3S. The number of aromatic nitrogens is 1. The number of sulfonamides is 1. The zero-order valence-corrected chi connectivity index (χ0v) is 16.9. The molecule has 30 heavy (non-hydrogen) atoms. The van der Waals surface area contributed by atoms with Crippen molar-refractivity contribution in [2.75, 3.05) is 0 Å². The molecule has 0 amide bonds. The fourth-order valence-electron chi connectivity index (χ4n) is 3.09. The summed E-state index contributed by atoms with van der Waals surface area (Å²) in [5.41, 5.74) is -0.868. The molecule has 0 unspecified atom stereocenters. The zero-order chi connectivity index (χ0) is 22.2. The molecule has 158 valence electrons. The summed E-state index contributed by atoms with van der Waals surface area (Å²) in [6.07, 6.45) is -2.03. The van der Waals surface area contributed by atoms with Crippen molar-refractivity contribution in [2.24, 2.45) is 0 Å². The molecule has 3 aromatic rings. The Kier molecular flexibility index (Phi) is 5.62. The van der Waals surface area contributed by atoms with Gasteiger partial charge in [0.2, 0.25) is 10.0 Å². The molecule has 2 aromatic carbocycles. The van der Waals surface area contributed by atoms with Gasteiger partial charge in [0.1, 0.15) is 5.75 Å². The summed E-state index contributed by atoms with van der Waals surface area (Å²) in [7, 11) is -4.49. The lowest BCUT2D eigenvalue weighted by Crippen LogP contribution is -2.41. The first-order valence-electron chi connectivity index (χ1n) is 8.86. The van der Waals surface area contributed by atoms with Crippen LogP contribution in [0.3, 0.4) is 0 Å². The molecule has 0 saturated heterocycles. The predicted molar refractivity (Wildman–Crippen MR) is 106 cm³/mol. The minimum absolute atomic E-state index is 0.0489. The van der Waals surface area contributed by atoms with Crippen LogP contribution in [0.5, 0.6) is 5.75 Å². The number of pyridine rings is 1. The lowest BCUT2D eigenvalue weighted by atomic mass is 9.92. The van der Waals surface area contributed by atoms with E-state index in [4.69, 9.17) is 0 Å². The first-order valence-corrected chi connectivity index (χ1v) is 10.3. The van der Waals surface area contributed by atoms with Crippen LogP contribution in [0.15, 0.2) is 71.9 Å². The topological polar surface area (TPSA) is 79.3 Å². The summed E-state index contributed by atoms with van der Waals surface area (Å²) in [6.45, 7) is 3.10. The van der Waals surface area contributed by atoms with Crippen molar-refractivity contribution in [3.05, 3.63) is 78.1 Å². The highest BCUT2D eigenvalue weighted by atomic mass is 32.2. The Balaban J connectivity index is 2.00. The number of nitrogens with one attached hydrogen (secondary N) is 1. The summed E-state index contributed by atoms with van der Waals surface area (Å²) in [4.78, 5) is 2.98. The molecule has 5 nitrogen and oxygen atoms in total. The van der Waals surface area contributed by atoms with Gasteiger partial charge in [0.15, 0.2) is 0 Å². The van der Waals surface area contributed by atoms with Crippen LogP contribution in [0, 0.1) is 0 Å². The Morgan fingerprint density at radius 3 is 2.37 bits per heavy atom. The second-order valence-electron chi connectivity index (χ2n) is 7.20. The normalized spacial score (nSPS) is 12.7. The third-order valence-corrected chi connectivity index (χ3v) is 6.28. The average molecular weight is 436 g/mol.